The average Bonchev–Trinajstić information content (AvgIpc) is 2.47. The Balaban J connectivity index is 2.12. The van der Waals surface area contributed by atoms with Gasteiger partial charge in [-0.3, -0.25) is 5.41 Å². The van der Waals surface area contributed by atoms with Crippen molar-refractivity contribution in [3.05, 3.63) is 71.2 Å². The minimum atomic E-state index is -0.115. The molecule has 0 aliphatic carbocycles. The predicted molar refractivity (Wildman–Crippen MR) is 86.5 cm³/mol. The highest BCUT2D eigenvalue weighted by atomic mass is 35.5. The molecule has 104 valence electrons. The maximum Gasteiger partial charge on any atom is 0.139 e. The summed E-state index contributed by atoms with van der Waals surface area (Å²) < 4.78 is 5.96. The van der Waals surface area contributed by atoms with Crippen LogP contribution in [0.1, 0.15) is 5.56 Å². The van der Waals surface area contributed by atoms with Crippen LogP contribution >= 0.6 is 11.6 Å². The molecule has 0 saturated heterocycles. The van der Waals surface area contributed by atoms with Crippen molar-refractivity contribution in [3.63, 3.8) is 0 Å². The molecule has 3 aromatic rings. The number of fused-ring (bicyclic) bond motifs is 1. The molecule has 0 amide bonds. The summed E-state index contributed by atoms with van der Waals surface area (Å²) >= 11 is 6.11. The number of ether oxygens (including phenoxy) is 1. The second-order valence-corrected chi connectivity index (χ2v) is 5.01. The molecule has 0 aliphatic heterocycles. The van der Waals surface area contributed by atoms with Crippen molar-refractivity contribution in [1.29, 1.82) is 5.41 Å². The Hall–Kier alpha value is -2.52. The van der Waals surface area contributed by atoms with Crippen LogP contribution < -0.4 is 10.5 Å². The minimum absolute atomic E-state index is 0.115. The first-order chi connectivity index (χ1) is 10.2. The fourth-order valence-corrected chi connectivity index (χ4v) is 2.52. The molecule has 0 spiro atoms. The molecule has 0 saturated carbocycles. The molecule has 3 rings (SSSR count). The third-order valence-corrected chi connectivity index (χ3v) is 3.53. The summed E-state index contributed by atoms with van der Waals surface area (Å²) in [7, 11) is 0. The van der Waals surface area contributed by atoms with E-state index in [0.717, 1.165) is 10.8 Å². The van der Waals surface area contributed by atoms with Crippen LogP contribution in [0, 0.1) is 5.41 Å². The van der Waals surface area contributed by atoms with E-state index in [1.807, 2.05) is 42.5 Å². The molecule has 3 aromatic carbocycles. The summed E-state index contributed by atoms with van der Waals surface area (Å²) in [5, 5.41) is 10.1. The molecule has 0 bridgehead atoms. The van der Waals surface area contributed by atoms with E-state index in [1.165, 1.54) is 0 Å². The number of hydrogen-bond donors (Lipinski definition) is 2. The van der Waals surface area contributed by atoms with Gasteiger partial charge in [0.05, 0.1) is 10.6 Å². The van der Waals surface area contributed by atoms with Gasteiger partial charge in [-0.15, -0.1) is 0 Å². The van der Waals surface area contributed by atoms with Gasteiger partial charge in [0.1, 0.15) is 17.3 Å². The standard InChI is InChI=1S/C17H13ClN2O/c18-13-8-4-10-15(16(13)17(19)20)21-14-9-3-6-11-5-1-2-7-12(11)14/h1-10H,(H3,19,20). The van der Waals surface area contributed by atoms with E-state index in [0.29, 0.717) is 22.1 Å². The molecule has 0 aromatic heterocycles. The number of benzene rings is 3. The molecule has 3 nitrogen and oxygen atoms in total. The van der Waals surface area contributed by atoms with Crippen molar-refractivity contribution in [2.24, 2.45) is 5.73 Å². The Morgan fingerprint density at radius 1 is 0.905 bits per heavy atom. The van der Waals surface area contributed by atoms with Crippen LogP contribution in [-0.2, 0) is 0 Å². The normalized spacial score (nSPS) is 10.5. The maximum absolute atomic E-state index is 7.66. The van der Waals surface area contributed by atoms with Crippen LogP contribution in [0.15, 0.2) is 60.7 Å². The first kappa shape index (κ1) is 13.5. The quantitative estimate of drug-likeness (QED) is 0.549. The van der Waals surface area contributed by atoms with Crippen molar-refractivity contribution in [2.75, 3.05) is 0 Å². The summed E-state index contributed by atoms with van der Waals surface area (Å²) in [4.78, 5) is 0. The molecule has 0 fully saturated rings. The lowest BCUT2D eigenvalue weighted by Crippen LogP contribution is -2.13. The molecule has 0 radical (unpaired) electrons. The summed E-state index contributed by atoms with van der Waals surface area (Å²) in [5.41, 5.74) is 6.01. The number of rotatable bonds is 3. The SMILES string of the molecule is N=C(N)c1c(Cl)cccc1Oc1cccc2ccccc12. The van der Waals surface area contributed by atoms with Crippen LogP contribution in [-0.4, -0.2) is 5.84 Å². The van der Waals surface area contributed by atoms with E-state index in [4.69, 9.17) is 27.5 Å². The molecular formula is C17H13ClN2O. The molecule has 0 heterocycles. The first-order valence-electron chi connectivity index (χ1n) is 6.45. The number of amidine groups is 1. The lowest BCUT2D eigenvalue weighted by molar-refractivity contribution is 0.487. The molecule has 21 heavy (non-hydrogen) atoms. The fraction of sp³-hybridized carbons (Fsp3) is 0. The summed E-state index contributed by atoms with van der Waals surface area (Å²) in [5.74, 6) is 1.07. The van der Waals surface area contributed by atoms with Gasteiger partial charge in [0.25, 0.3) is 0 Å². The zero-order chi connectivity index (χ0) is 14.8. The van der Waals surface area contributed by atoms with Gasteiger partial charge in [0, 0.05) is 5.39 Å². The van der Waals surface area contributed by atoms with Gasteiger partial charge in [-0.25, -0.2) is 0 Å². The second kappa shape index (κ2) is 5.46. The monoisotopic (exact) mass is 296 g/mol. The van der Waals surface area contributed by atoms with Gasteiger partial charge in [0.2, 0.25) is 0 Å². The second-order valence-electron chi connectivity index (χ2n) is 4.61. The van der Waals surface area contributed by atoms with Crippen molar-refractivity contribution in [3.8, 4) is 11.5 Å². The smallest absolute Gasteiger partial charge is 0.139 e. The Labute approximate surface area is 127 Å². The predicted octanol–water partition coefficient (Wildman–Crippen LogP) is 4.57. The van der Waals surface area contributed by atoms with Gasteiger partial charge in [-0.2, -0.15) is 0 Å². The maximum atomic E-state index is 7.66. The van der Waals surface area contributed by atoms with E-state index in [2.05, 4.69) is 0 Å². The highest BCUT2D eigenvalue weighted by Gasteiger charge is 2.13. The Kier molecular flexibility index (Phi) is 3.50. The molecule has 3 N–H and O–H groups in total. The number of hydrogen-bond acceptors (Lipinski definition) is 2. The van der Waals surface area contributed by atoms with E-state index in [-0.39, 0.29) is 5.84 Å². The van der Waals surface area contributed by atoms with Gasteiger partial charge in [0.15, 0.2) is 0 Å². The fourth-order valence-electron chi connectivity index (χ4n) is 2.25. The Morgan fingerprint density at radius 2 is 1.57 bits per heavy atom. The molecule has 4 heteroatoms. The number of halogens is 1. The zero-order valence-corrected chi connectivity index (χ0v) is 11.9. The zero-order valence-electron chi connectivity index (χ0n) is 11.1. The Morgan fingerprint density at radius 3 is 2.38 bits per heavy atom. The van der Waals surface area contributed by atoms with Crippen LogP contribution in [0.3, 0.4) is 0 Å². The molecular weight excluding hydrogens is 284 g/mol. The lowest BCUT2D eigenvalue weighted by atomic mass is 10.1. The molecule has 0 unspecified atom stereocenters. The number of nitrogens with two attached hydrogens (primary N) is 1. The van der Waals surface area contributed by atoms with Crippen LogP contribution in [0.25, 0.3) is 10.8 Å². The van der Waals surface area contributed by atoms with Gasteiger partial charge >= 0.3 is 0 Å². The Bertz CT molecular complexity index is 825. The van der Waals surface area contributed by atoms with E-state index in [1.54, 1.807) is 18.2 Å². The van der Waals surface area contributed by atoms with E-state index >= 15 is 0 Å². The van der Waals surface area contributed by atoms with E-state index < -0.39 is 0 Å². The van der Waals surface area contributed by atoms with Crippen LogP contribution in [0.5, 0.6) is 11.5 Å². The first-order valence-corrected chi connectivity index (χ1v) is 6.83. The number of nitrogen functional groups attached to an aromatic ring is 1. The van der Waals surface area contributed by atoms with Gasteiger partial charge in [-0.05, 0) is 23.6 Å². The number of nitrogens with one attached hydrogen (secondary N) is 1. The third kappa shape index (κ3) is 2.56. The van der Waals surface area contributed by atoms with Crippen LogP contribution in [0.4, 0.5) is 0 Å². The van der Waals surface area contributed by atoms with Crippen molar-refractivity contribution < 1.29 is 4.74 Å². The molecule has 0 atom stereocenters. The lowest BCUT2D eigenvalue weighted by Gasteiger charge is -2.13. The summed E-state index contributed by atoms with van der Waals surface area (Å²) in [6, 6.07) is 19.0. The van der Waals surface area contributed by atoms with E-state index in [9.17, 15) is 0 Å². The van der Waals surface area contributed by atoms with Crippen molar-refractivity contribution in [1.82, 2.24) is 0 Å². The minimum Gasteiger partial charge on any atom is -0.456 e. The topological polar surface area (TPSA) is 59.1 Å². The summed E-state index contributed by atoms with van der Waals surface area (Å²) in [6.07, 6.45) is 0. The molecule has 0 aliphatic rings. The van der Waals surface area contributed by atoms with Gasteiger partial charge in [-0.1, -0.05) is 54.1 Å². The third-order valence-electron chi connectivity index (χ3n) is 3.21. The highest BCUT2D eigenvalue weighted by molar-refractivity contribution is 6.34. The van der Waals surface area contributed by atoms with Crippen LogP contribution in [0.2, 0.25) is 5.02 Å². The average molecular weight is 297 g/mol. The van der Waals surface area contributed by atoms with Crippen molar-refractivity contribution >= 4 is 28.2 Å². The summed E-state index contributed by atoms with van der Waals surface area (Å²) in [6.45, 7) is 0. The largest absolute Gasteiger partial charge is 0.456 e. The van der Waals surface area contributed by atoms with Crippen molar-refractivity contribution in [2.45, 2.75) is 0 Å². The van der Waals surface area contributed by atoms with Gasteiger partial charge < -0.3 is 10.5 Å². The highest BCUT2D eigenvalue weighted by Crippen LogP contribution is 2.33.